The molecule has 1 N–H and O–H groups in total. The molecule has 0 atom stereocenters. The molecule has 1 amide bonds. The van der Waals surface area contributed by atoms with Crippen LogP contribution in [0.4, 0.5) is 0 Å². The fourth-order valence-electron chi connectivity index (χ4n) is 1.81. The van der Waals surface area contributed by atoms with Gasteiger partial charge in [-0.15, -0.1) is 6.42 Å². The van der Waals surface area contributed by atoms with Gasteiger partial charge in [0.1, 0.15) is 6.61 Å². The molecule has 1 rings (SSSR count). The largest absolute Gasteiger partial charge is 0.493 e. The molecule has 0 aromatic heterocycles. The van der Waals surface area contributed by atoms with Gasteiger partial charge >= 0.3 is 0 Å². The number of methoxy groups -OCH3 is 1. The number of ether oxygens (including phenoxy) is 2. The third kappa shape index (κ3) is 4.20. The topological polar surface area (TPSA) is 47.6 Å². The second-order valence-electron chi connectivity index (χ2n) is 4.35. The smallest absolute Gasteiger partial charge is 0.251 e. The van der Waals surface area contributed by atoms with Crippen LogP contribution in [0.25, 0.3) is 0 Å². The number of carbonyl (C=O) groups is 1. The van der Waals surface area contributed by atoms with Crippen LogP contribution in [0.3, 0.4) is 0 Å². The maximum atomic E-state index is 12.1. The number of carbonyl (C=O) groups excluding carboxylic acids is 1. The van der Waals surface area contributed by atoms with E-state index < -0.39 is 0 Å². The predicted molar refractivity (Wildman–Crippen MR) is 79.2 cm³/mol. The molecule has 4 heteroatoms. The van der Waals surface area contributed by atoms with E-state index in [1.165, 1.54) is 7.11 Å². The van der Waals surface area contributed by atoms with Crippen molar-refractivity contribution < 1.29 is 14.3 Å². The Morgan fingerprint density at radius 1 is 1.35 bits per heavy atom. The second kappa shape index (κ2) is 8.11. The molecule has 0 radical (unpaired) electrons. The van der Waals surface area contributed by atoms with Gasteiger partial charge in [-0.25, -0.2) is 0 Å². The Balaban J connectivity index is 2.86. The molecule has 0 spiro atoms. The second-order valence-corrected chi connectivity index (χ2v) is 4.35. The van der Waals surface area contributed by atoms with Crippen LogP contribution in [0.15, 0.2) is 18.2 Å². The van der Waals surface area contributed by atoms with Gasteiger partial charge in [-0.05, 0) is 31.0 Å². The summed E-state index contributed by atoms with van der Waals surface area (Å²) in [5.41, 5.74) is 0.543. The number of rotatable bonds is 7. The van der Waals surface area contributed by atoms with Crippen molar-refractivity contribution in [2.75, 3.05) is 13.7 Å². The summed E-state index contributed by atoms with van der Waals surface area (Å²) in [6, 6.07) is 5.24. The first-order valence-electron chi connectivity index (χ1n) is 6.71. The summed E-state index contributed by atoms with van der Waals surface area (Å²) >= 11 is 0. The molecule has 0 aliphatic heterocycles. The monoisotopic (exact) mass is 275 g/mol. The lowest BCUT2D eigenvalue weighted by Gasteiger charge is -2.15. The van der Waals surface area contributed by atoms with Crippen molar-refractivity contribution in [1.29, 1.82) is 0 Å². The molecule has 0 saturated carbocycles. The zero-order valence-electron chi connectivity index (χ0n) is 12.2. The molecule has 0 heterocycles. The molecule has 0 aliphatic carbocycles. The van der Waals surface area contributed by atoms with Crippen LogP contribution in [0, 0.1) is 12.3 Å². The third-order valence-electron chi connectivity index (χ3n) is 3.06. The van der Waals surface area contributed by atoms with E-state index in [0.29, 0.717) is 17.1 Å². The highest BCUT2D eigenvalue weighted by Crippen LogP contribution is 2.28. The van der Waals surface area contributed by atoms with E-state index >= 15 is 0 Å². The van der Waals surface area contributed by atoms with Gasteiger partial charge in [-0.3, -0.25) is 4.79 Å². The van der Waals surface area contributed by atoms with Gasteiger partial charge in [0.05, 0.1) is 7.11 Å². The zero-order chi connectivity index (χ0) is 15.0. The van der Waals surface area contributed by atoms with Crippen molar-refractivity contribution in [2.45, 2.75) is 32.7 Å². The van der Waals surface area contributed by atoms with Crippen molar-refractivity contribution in [3.05, 3.63) is 23.8 Å². The molecule has 4 nitrogen and oxygen atoms in total. The van der Waals surface area contributed by atoms with E-state index in [9.17, 15) is 4.79 Å². The molecular weight excluding hydrogens is 254 g/mol. The zero-order valence-corrected chi connectivity index (χ0v) is 12.2. The van der Waals surface area contributed by atoms with Gasteiger partial charge in [0.15, 0.2) is 11.5 Å². The van der Waals surface area contributed by atoms with Crippen LogP contribution in [0.2, 0.25) is 0 Å². The van der Waals surface area contributed by atoms with Crippen LogP contribution in [0.1, 0.15) is 37.0 Å². The summed E-state index contributed by atoms with van der Waals surface area (Å²) in [6.07, 6.45) is 6.96. The minimum absolute atomic E-state index is 0.111. The molecular formula is C16H21NO3. The number of benzene rings is 1. The first kappa shape index (κ1) is 15.9. The van der Waals surface area contributed by atoms with E-state index in [1.807, 2.05) is 13.8 Å². The minimum Gasteiger partial charge on any atom is -0.493 e. The number of nitrogens with one attached hydrogen (secondary N) is 1. The van der Waals surface area contributed by atoms with E-state index in [4.69, 9.17) is 15.9 Å². The van der Waals surface area contributed by atoms with Crippen LogP contribution >= 0.6 is 0 Å². The Labute approximate surface area is 120 Å². The Kier molecular flexibility index (Phi) is 6.45. The quantitative estimate of drug-likeness (QED) is 0.778. The Hall–Kier alpha value is -2.15. The van der Waals surface area contributed by atoms with Crippen molar-refractivity contribution >= 4 is 5.91 Å². The third-order valence-corrected chi connectivity index (χ3v) is 3.06. The number of amides is 1. The standard InChI is InChI=1S/C16H21NO3/c1-5-10-20-14-9-8-12(11-15(14)19-4)16(18)17-13(6-2)7-3/h1,8-9,11,13H,6-7,10H2,2-4H3,(H,17,18). The average Bonchev–Trinajstić information content (AvgIpc) is 2.49. The van der Waals surface area contributed by atoms with Crippen LogP contribution in [-0.4, -0.2) is 25.7 Å². The minimum atomic E-state index is -0.111. The Bertz CT molecular complexity index is 487. The lowest BCUT2D eigenvalue weighted by atomic mass is 10.1. The summed E-state index contributed by atoms with van der Waals surface area (Å²) in [7, 11) is 1.53. The fourth-order valence-corrected chi connectivity index (χ4v) is 1.81. The first-order chi connectivity index (χ1) is 9.65. The van der Waals surface area contributed by atoms with Crippen molar-refractivity contribution in [1.82, 2.24) is 5.32 Å². The Morgan fingerprint density at radius 2 is 2.05 bits per heavy atom. The molecule has 20 heavy (non-hydrogen) atoms. The van der Waals surface area contributed by atoms with Gasteiger partial charge < -0.3 is 14.8 Å². The summed E-state index contributed by atoms with van der Waals surface area (Å²) in [6.45, 7) is 4.26. The molecule has 108 valence electrons. The maximum absolute atomic E-state index is 12.1. The predicted octanol–water partition coefficient (Wildman–Crippen LogP) is 2.63. The van der Waals surface area contributed by atoms with E-state index in [-0.39, 0.29) is 18.6 Å². The van der Waals surface area contributed by atoms with Crippen molar-refractivity contribution in [3.63, 3.8) is 0 Å². The average molecular weight is 275 g/mol. The first-order valence-corrected chi connectivity index (χ1v) is 6.71. The maximum Gasteiger partial charge on any atom is 0.251 e. The number of hydrogen-bond donors (Lipinski definition) is 1. The van der Waals surface area contributed by atoms with Gasteiger partial charge in [0, 0.05) is 11.6 Å². The van der Waals surface area contributed by atoms with Crippen LogP contribution in [0.5, 0.6) is 11.5 Å². The Morgan fingerprint density at radius 3 is 2.60 bits per heavy atom. The molecule has 0 aliphatic rings. The van der Waals surface area contributed by atoms with E-state index in [1.54, 1.807) is 18.2 Å². The molecule has 0 bridgehead atoms. The van der Waals surface area contributed by atoms with Gasteiger partial charge in [-0.1, -0.05) is 19.8 Å². The van der Waals surface area contributed by atoms with Gasteiger partial charge in [0.25, 0.3) is 5.91 Å². The van der Waals surface area contributed by atoms with Crippen molar-refractivity contribution in [2.24, 2.45) is 0 Å². The summed E-state index contributed by atoms with van der Waals surface area (Å²) in [5, 5.41) is 2.98. The highest BCUT2D eigenvalue weighted by atomic mass is 16.5. The number of terminal acetylenes is 1. The fraction of sp³-hybridized carbons (Fsp3) is 0.438. The normalized spacial score (nSPS) is 9.95. The summed E-state index contributed by atoms with van der Waals surface area (Å²) in [4.78, 5) is 12.1. The van der Waals surface area contributed by atoms with Gasteiger partial charge in [-0.2, -0.15) is 0 Å². The SMILES string of the molecule is C#CCOc1ccc(C(=O)NC(CC)CC)cc1OC. The lowest BCUT2D eigenvalue weighted by molar-refractivity contribution is 0.0934. The van der Waals surface area contributed by atoms with Crippen LogP contribution in [-0.2, 0) is 0 Å². The molecule has 1 aromatic carbocycles. The van der Waals surface area contributed by atoms with Crippen molar-refractivity contribution in [3.8, 4) is 23.8 Å². The molecule has 0 saturated heterocycles. The summed E-state index contributed by atoms with van der Waals surface area (Å²) in [5.74, 6) is 3.31. The van der Waals surface area contributed by atoms with E-state index in [0.717, 1.165) is 12.8 Å². The van der Waals surface area contributed by atoms with Crippen LogP contribution < -0.4 is 14.8 Å². The lowest BCUT2D eigenvalue weighted by Crippen LogP contribution is -2.33. The number of hydrogen-bond acceptors (Lipinski definition) is 3. The van der Waals surface area contributed by atoms with E-state index in [2.05, 4.69) is 11.2 Å². The van der Waals surface area contributed by atoms with Gasteiger partial charge in [0.2, 0.25) is 0 Å². The highest BCUT2D eigenvalue weighted by molar-refractivity contribution is 5.95. The molecule has 0 unspecified atom stereocenters. The molecule has 0 fully saturated rings. The highest BCUT2D eigenvalue weighted by Gasteiger charge is 2.13. The molecule has 1 aromatic rings. The summed E-state index contributed by atoms with van der Waals surface area (Å²) < 4.78 is 10.6.